The van der Waals surface area contributed by atoms with Gasteiger partial charge < -0.3 is 25.8 Å². The fraction of sp³-hybridized carbons (Fsp3) is 0.320. The number of hydrogen-bond donors (Lipinski definition) is 4. The number of piperidine rings is 1. The van der Waals surface area contributed by atoms with Gasteiger partial charge in [-0.05, 0) is 61.3 Å². The normalized spacial score (nSPS) is 15.6. The van der Waals surface area contributed by atoms with Gasteiger partial charge >= 0.3 is 6.03 Å². The van der Waals surface area contributed by atoms with Gasteiger partial charge in [0.2, 0.25) is 0 Å². The van der Waals surface area contributed by atoms with Crippen LogP contribution in [0.5, 0.6) is 0 Å². The highest BCUT2D eigenvalue weighted by atomic mass is 19.1. The third-order valence-corrected chi connectivity index (χ3v) is 6.40. The molecule has 0 atom stereocenters. The lowest BCUT2D eigenvalue weighted by molar-refractivity contribution is 0.0966. The van der Waals surface area contributed by atoms with Crippen LogP contribution in [-0.4, -0.2) is 53.0 Å². The Morgan fingerprint density at radius 2 is 1.88 bits per heavy atom. The first-order valence-electron chi connectivity index (χ1n) is 11.6. The summed E-state index contributed by atoms with van der Waals surface area (Å²) in [4.78, 5) is 34.4. The Hall–Kier alpha value is -3.72. The van der Waals surface area contributed by atoms with Crippen LogP contribution in [0.2, 0.25) is 0 Å². The number of H-pyrrole nitrogens is 1. The molecule has 0 spiro atoms. The van der Waals surface area contributed by atoms with E-state index in [-0.39, 0.29) is 11.9 Å². The number of benzene rings is 2. The summed E-state index contributed by atoms with van der Waals surface area (Å²) < 4.78 is 15.1. The largest absolute Gasteiger partial charge is 0.348 e. The first kappa shape index (κ1) is 22.1. The summed E-state index contributed by atoms with van der Waals surface area (Å²) in [5.74, 6) is -0.0900. The van der Waals surface area contributed by atoms with Gasteiger partial charge in [-0.1, -0.05) is 12.5 Å². The third-order valence-electron chi connectivity index (χ3n) is 6.40. The van der Waals surface area contributed by atoms with Crippen molar-refractivity contribution in [1.29, 1.82) is 0 Å². The molecular weight excluding hydrogens is 435 g/mol. The predicted octanol–water partition coefficient (Wildman–Crippen LogP) is 3.73. The number of nitrogens with zero attached hydrogens (tertiary/aromatic N) is 2. The fourth-order valence-electron chi connectivity index (χ4n) is 4.71. The van der Waals surface area contributed by atoms with Gasteiger partial charge in [-0.2, -0.15) is 0 Å². The van der Waals surface area contributed by atoms with Gasteiger partial charge in [-0.3, -0.25) is 4.79 Å². The molecule has 0 aliphatic carbocycles. The zero-order valence-corrected chi connectivity index (χ0v) is 18.8. The van der Waals surface area contributed by atoms with E-state index in [0.717, 1.165) is 25.2 Å². The van der Waals surface area contributed by atoms with E-state index in [1.807, 2.05) is 0 Å². The highest BCUT2D eigenvalue weighted by molar-refractivity contribution is 6.06. The second-order valence-electron chi connectivity index (χ2n) is 8.61. The molecule has 5 rings (SSSR count). The van der Waals surface area contributed by atoms with Gasteiger partial charge in [0.25, 0.3) is 5.91 Å². The number of carbonyl (C=O) groups is 2. The highest BCUT2D eigenvalue weighted by Gasteiger charge is 2.28. The highest BCUT2D eigenvalue weighted by Crippen LogP contribution is 2.36. The number of anilines is 1. The third kappa shape index (κ3) is 4.51. The monoisotopic (exact) mass is 462 g/mol. The quantitative estimate of drug-likeness (QED) is 0.448. The predicted molar refractivity (Wildman–Crippen MR) is 128 cm³/mol. The van der Waals surface area contributed by atoms with Crippen molar-refractivity contribution in [3.05, 3.63) is 59.7 Å². The lowest BCUT2D eigenvalue weighted by atomic mass is 9.92. The van der Waals surface area contributed by atoms with Gasteiger partial charge in [0.1, 0.15) is 11.6 Å². The van der Waals surface area contributed by atoms with E-state index < -0.39 is 5.82 Å². The second kappa shape index (κ2) is 9.64. The Balaban J connectivity index is 1.29. The number of imidazole rings is 1. The number of nitrogens with one attached hydrogen (secondary N) is 4. The Labute approximate surface area is 197 Å². The van der Waals surface area contributed by atoms with Gasteiger partial charge in [0, 0.05) is 48.8 Å². The van der Waals surface area contributed by atoms with E-state index in [4.69, 9.17) is 0 Å². The van der Waals surface area contributed by atoms with Crippen molar-refractivity contribution in [1.82, 2.24) is 25.5 Å². The van der Waals surface area contributed by atoms with Gasteiger partial charge in [0.15, 0.2) is 0 Å². The molecule has 8 nitrogen and oxygen atoms in total. The van der Waals surface area contributed by atoms with Gasteiger partial charge in [0.05, 0.1) is 5.56 Å². The molecule has 1 aromatic heterocycles. The van der Waals surface area contributed by atoms with Crippen LogP contribution < -0.4 is 16.0 Å². The molecule has 1 saturated heterocycles. The number of fused-ring (bicyclic) bond motifs is 1. The van der Waals surface area contributed by atoms with Crippen LogP contribution in [0.3, 0.4) is 0 Å². The Morgan fingerprint density at radius 3 is 2.65 bits per heavy atom. The maximum absolute atomic E-state index is 15.1. The van der Waals surface area contributed by atoms with Crippen molar-refractivity contribution in [3.63, 3.8) is 0 Å². The van der Waals surface area contributed by atoms with Crippen LogP contribution in [-0.2, 0) is 6.54 Å². The van der Waals surface area contributed by atoms with E-state index in [2.05, 4.69) is 30.8 Å². The minimum absolute atomic E-state index is 0.205. The molecule has 0 radical (unpaired) electrons. The van der Waals surface area contributed by atoms with E-state index in [9.17, 15) is 9.59 Å². The SMILES string of the molecule is O=C(NCCN1CCCCC1)Nc1ccc(-c2ccc(-c3ncc[nH]3)c3c2CNC3=O)c(F)c1. The summed E-state index contributed by atoms with van der Waals surface area (Å²) in [5.41, 5.74) is 3.29. The number of aromatic nitrogens is 2. The fourth-order valence-corrected chi connectivity index (χ4v) is 4.71. The number of amides is 3. The molecule has 1 fully saturated rings. The lowest BCUT2D eigenvalue weighted by Crippen LogP contribution is -2.39. The molecule has 3 heterocycles. The van der Waals surface area contributed by atoms with Crippen LogP contribution in [0.25, 0.3) is 22.5 Å². The van der Waals surface area contributed by atoms with Crippen LogP contribution in [0.1, 0.15) is 35.2 Å². The number of carbonyl (C=O) groups excluding carboxylic acids is 2. The number of likely N-dealkylation sites (tertiary alicyclic amines) is 1. The van der Waals surface area contributed by atoms with Crippen molar-refractivity contribution in [2.45, 2.75) is 25.8 Å². The molecule has 176 valence electrons. The maximum Gasteiger partial charge on any atom is 0.319 e. The molecule has 2 aliphatic rings. The number of halogens is 1. The standard InChI is InChI=1S/C25H27FN6O2/c26-21-14-16(31-25(34)29-10-13-32-11-2-1-3-12-32)4-5-18(21)17-6-7-19(23-27-8-9-28-23)22-20(17)15-30-24(22)33/h4-9,14H,1-3,10-13,15H2,(H,27,28)(H,30,33)(H2,29,31,34). The summed E-state index contributed by atoms with van der Waals surface area (Å²) in [6.45, 7) is 3.82. The average Bonchev–Trinajstić information content (AvgIpc) is 3.51. The van der Waals surface area contributed by atoms with Crippen molar-refractivity contribution in [2.24, 2.45) is 0 Å². The molecule has 0 bridgehead atoms. The number of urea groups is 1. The second-order valence-corrected chi connectivity index (χ2v) is 8.61. The van der Waals surface area contributed by atoms with E-state index >= 15 is 4.39 Å². The van der Waals surface area contributed by atoms with E-state index in [1.165, 1.54) is 25.3 Å². The van der Waals surface area contributed by atoms with Crippen molar-refractivity contribution in [2.75, 3.05) is 31.5 Å². The van der Waals surface area contributed by atoms with Crippen molar-refractivity contribution < 1.29 is 14.0 Å². The number of rotatable bonds is 6. The Morgan fingerprint density at radius 1 is 1.09 bits per heavy atom. The number of aromatic amines is 1. The van der Waals surface area contributed by atoms with Crippen LogP contribution in [0.4, 0.5) is 14.9 Å². The zero-order chi connectivity index (χ0) is 23.5. The number of hydrogen-bond acceptors (Lipinski definition) is 4. The molecule has 9 heteroatoms. The first-order valence-corrected chi connectivity index (χ1v) is 11.6. The molecule has 2 aromatic carbocycles. The summed E-state index contributed by atoms with van der Waals surface area (Å²) in [6, 6.07) is 7.82. The maximum atomic E-state index is 15.1. The van der Waals surface area contributed by atoms with E-state index in [1.54, 1.807) is 36.7 Å². The average molecular weight is 463 g/mol. The molecule has 0 saturated carbocycles. The van der Waals surface area contributed by atoms with Crippen molar-refractivity contribution in [3.8, 4) is 22.5 Å². The molecular formula is C25H27FN6O2. The van der Waals surface area contributed by atoms with E-state index in [0.29, 0.717) is 46.9 Å². The minimum atomic E-state index is -0.474. The lowest BCUT2D eigenvalue weighted by Gasteiger charge is -2.26. The molecule has 3 amide bonds. The molecule has 2 aliphatic heterocycles. The Kier molecular flexibility index (Phi) is 6.27. The van der Waals surface area contributed by atoms with Crippen LogP contribution in [0.15, 0.2) is 42.7 Å². The summed E-state index contributed by atoms with van der Waals surface area (Å²) in [7, 11) is 0. The zero-order valence-electron chi connectivity index (χ0n) is 18.8. The molecule has 3 aromatic rings. The first-order chi connectivity index (χ1) is 16.6. The molecule has 0 unspecified atom stereocenters. The summed E-state index contributed by atoms with van der Waals surface area (Å²) >= 11 is 0. The van der Waals surface area contributed by atoms with Crippen LogP contribution >= 0.6 is 0 Å². The van der Waals surface area contributed by atoms with Gasteiger partial charge in [-0.25, -0.2) is 14.2 Å². The van der Waals surface area contributed by atoms with Crippen molar-refractivity contribution >= 4 is 17.6 Å². The van der Waals surface area contributed by atoms with Crippen LogP contribution in [0, 0.1) is 5.82 Å². The summed E-state index contributed by atoms with van der Waals surface area (Å²) in [5, 5.41) is 8.36. The molecule has 34 heavy (non-hydrogen) atoms. The van der Waals surface area contributed by atoms with Gasteiger partial charge in [-0.15, -0.1) is 0 Å². The minimum Gasteiger partial charge on any atom is -0.348 e. The smallest absolute Gasteiger partial charge is 0.319 e. The molecule has 4 N–H and O–H groups in total. The Bertz CT molecular complexity index is 1200. The summed E-state index contributed by atoms with van der Waals surface area (Å²) in [6.07, 6.45) is 7.00. The topological polar surface area (TPSA) is 102 Å².